The number of morpholine rings is 1. The topological polar surface area (TPSA) is 60.0 Å². The van der Waals surface area contributed by atoms with Crippen molar-refractivity contribution in [3.63, 3.8) is 0 Å². The van der Waals surface area contributed by atoms with Crippen molar-refractivity contribution >= 4 is 6.09 Å². The van der Waals surface area contributed by atoms with Crippen molar-refractivity contribution in [1.29, 1.82) is 0 Å². The summed E-state index contributed by atoms with van der Waals surface area (Å²) in [5.74, 6) is 0.756. The van der Waals surface area contributed by atoms with Gasteiger partial charge in [0, 0.05) is 18.7 Å². The van der Waals surface area contributed by atoms with Crippen LogP contribution in [0.15, 0.2) is 18.2 Å². The van der Waals surface area contributed by atoms with Gasteiger partial charge in [-0.1, -0.05) is 18.2 Å². The van der Waals surface area contributed by atoms with Crippen molar-refractivity contribution < 1.29 is 19.0 Å². The van der Waals surface area contributed by atoms with Gasteiger partial charge in [0.2, 0.25) is 0 Å². The predicted octanol–water partition coefficient (Wildman–Crippen LogP) is 1.48. The summed E-state index contributed by atoms with van der Waals surface area (Å²) in [5, 5.41) is 1.79. The maximum absolute atomic E-state index is 11.7. The number of hydrazine groups is 1. The molecule has 1 saturated heterocycles. The fraction of sp³-hybridized carbons (Fsp3) is 0.500. The van der Waals surface area contributed by atoms with Gasteiger partial charge in [0.25, 0.3) is 0 Å². The van der Waals surface area contributed by atoms with E-state index in [4.69, 9.17) is 14.2 Å². The smallest absolute Gasteiger partial charge is 0.422 e. The third-order valence-corrected chi connectivity index (χ3v) is 3.12. The van der Waals surface area contributed by atoms with E-state index in [9.17, 15) is 4.79 Å². The van der Waals surface area contributed by atoms with Crippen LogP contribution in [0.25, 0.3) is 0 Å². The predicted molar refractivity (Wildman–Crippen MR) is 73.4 cm³/mol. The highest BCUT2D eigenvalue weighted by Crippen LogP contribution is 2.23. The molecule has 0 atom stereocenters. The molecule has 1 amide bonds. The Kier molecular flexibility index (Phi) is 5.20. The highest BCUT2D eigenvalue weighted by atomic mass is 16.6. The molecule has 0 radical (unpaired) electrons. The first-order valence-electron chi connectivity index (χ1n) is 6.59. The maximum atomic E-state index is 11.7. The van der Waals surface area contributed by atoms with Crippen LogP contribution in [0.3, 0.4) is 0 Å². The van der Waals surface area contributed by atoms with Gasteiger partial charge in [-0.3, -0.25) is 5.43 Å². The van der Waals surface area contributed by atoms with Gasteiger partial charge in [0.1, 0.15) is 12.4 Å². The first kappa shape index (κ1) is 14.6. The van der Waals surface area contributed by atoms with E-state index >= 15 is 0 Å². The summed E-state index contributed by atoms with van der Waals surface area (Å²) in [7, 11) is 1.61. The largest absolute Gasteiger partial charge is 0.496 e. The number of benzene rings is 1. The Bertz CT molecular complexity index is 458. The molecule has 1 N–H and O–H groups in total. The molecule has 0 unspecified atom stereocenters. The number of rotatable bonds is 4. The number of methoxy groups -OCH3 is 1. The molecule has 20 heavy (non-hydrogen) atoms. The van der Waals surface area contributed by atoms with Gasteiger partial charge < -0.3 is 14.2 Å². The van der Waals surface area contributed by atoms with Crippen molar-refractivity contribution in [2.45, 2.75) is 13.5 Å². The number of hydrogen-bond acceptors (Lipinski definition) is 5. The van der Waals surface area contributed by atoms with E-state index in [1.165, 1.54) is 0 Å². The van der Waals surface area contributed by atoms with E-state index in [0.29, 0.717) is 26.3 Å². The summed E-state index contributed by atoms with van der Waals surface area (Å²) in [6, 6.07) is 5.75. The second kappa shape index (κ2) is 7.12. The van der Waals surface area contributed by atoms with E-state index in [1.54, 1.807) is 12.1 Å². The Morgan fingerprint density at radius 3 is 2.85 bits per heavy atom. The molecule has 1 aliphatic rings. The highest BCUT2D eigenvalue weighted by molar-refractivity contribution is 5.66. The summed E-state index contributed by atoms with van der Waals surface area (Å²) in [4.78, 5) is 11.7. The minimum absolute atomic E-state index is 0.182. The fourth-order valence-electron chi connectivity index (χ4n) is 2.10. The van der Waals surface area contributed by atoms with Crippen LogP contribution in [-0.2, 0) is 16.1 Å². The Labute approximate surface area is 118 Å². The van der Waals surface area contributed by atoms with Crippen LogP contribution in [-0.4, -0.2) is 44.5 Å². The molecule has 1 heterocycles. The van der Waals surface area contributed by atoms with Gasteiger partial charge in [0.15, 0.2) is 0 Å². The SMILES string of the molecule is COc1c(C)cccc1COC(=O)NN1CCOCC1. The normalized spacial score (nSPS) is 15.7. The summed E-state index contributed by atoms with van der Waals surface area (Å²) in [6.45, 7) is 4.71. The third kappa shape index (κ3) is 3.85. The zero-order valence-corrected chi connectivity index (χ0v) is 11.8. The monoisotopic (exact) mass is 280 g/mol. The second-order valence-electron chi connectivity index (χ2n) is 4.55. The Balaban J connectivity index is 1.85. The van der Waals surface area contributed by atoms with Crippen molar-refractivity contribution in [2.24, 2.45) is 0 Å². The van der Waals surface area contributed by atoms with Crippen LogP contribution in [0.5, 0.6) is 5.75 Å². The van der Waals surface area contributed by atoms with Crippen LogP contribution in [0.1, 0.15) is 11.1 Å². The lowest BCUT2D eigenvalue weighted by Crippen LogP contribution is -2.48. The molecule has 6 nitrogen and oxygen atoms in total. The highest BCUT2D eigenvalue weighted by Gasteiger charge is 2.14. The van der Waals surface area contributed by atoms with E-state index < -0.39 is 6.09 Å². The van der Waals surface area contributed by atoms with E-state index in [-0.39, 0.29) is 6.61 Å². The Morgan fingerprint density at radius 1 is 1.40 bits per heavy atom. The molecule has 0 saturated carbocycles. The number of para-hydroxylation sites is 1. The van der Waals surface area contributed by atoms with E-state index in [1.807, 2.05) is 25.1 Å². The van der Waals surface area contributed by atoms with E-state index in [2.05, 4.69) is 5.43 Å². The molecule has 1 aliphatic heterocycles. The molecule has 0 aromatic heterocycles. The quantitative estimate of drug-likeness (QED) is 0.905. The zero-order chi connectivity index (χ0) is 14.4. The first-order valence-corrected chi connectivity index (χ1v) is 6.59. The van der Waals surface area contributed by atoms with Gasteiger partial charge in [0.05, 0.1) is 20.3 Å². The second-order valence-corrected chi connectivity index (χ2v) is 4.55. The summed E-state index contributed by atoms with van der Waals surface area (Å²) >= 11 is 0. The average Bonchev–Trinajstić information content (AvgIpc) is 2.46. The maximum Gasteiger partial charge on any atom is 0.422 e. The van der Waals surface area contributed by atoms with Gasteiger partial charge in [-0.25, -0.2) is 9.80 Å². The Morgan fingerprint density at radius 2 is 2.15 bits per heavy atom. The standard InChI is InChI=1S/C14H20N2O4/c1-11-4-3-5-12(13(11)18-2)10-20-14(17)15-16-6-8-19-9-7-16/h3-5H,6-10H2,1-2H3,(H,15,17). The van der Waals surface area contributed by atoms with Crippen molar-refractivity contribution in [2.75, 3.05) is 33.4 Å². The fourth-order valence-corrected chi connectivity index (χ4v) is 2.10. The zero-order valence-electron chi connectivity index (χ0n) is 11.8. The third-order valence-electron chi connectivity index (χ3n) is 3.12. The van der Waals surface area contributed by atoms with Gasteiger partial charge in [-0.2, -0.15) is 0 Å². The summed E-state index contributed by atoms with van der Waals surface area (Å²) < 4.78 is 15.7. The molecular formula is C14H20N2O4. The molecule has 6 heteroatoms. The van der Waals surface area contributed by atoms with Crippen molar-refractivity contribution in [3.05, 3.63) is 29.3 Å². The molecule has 0 spiro atoms. The van der Waals surface area contributed by atoms with Gasteiger partial charge in [-0.15, -0.1) is 0 Å². The number of amides is 1. The summed E-state index contributed by atoms with van der Waals surface area (Å²) in [5.41, 5.74) is 4.56. The number of ether oxygens (including phenoxy) is 3. The lowest BCUT2D eigenvalue weighted by atomic mass is 10.1. The first-order chi connectivity index (χ1) is 9.70. The van der Waals surface area contributed by atoms with Crippen molar-refractivity contribution in [3.8, 4) is 5.75 Å². The minimum Gasteiger partial charge on any atom is -0.496 e. The number of nitrogens with zero attached hydrogens (tertiary/aromatic N) is 1. The summed E-state index contributed by atoms with van der Waals surface area (Å²) in [6.07, 6.45) is -0.463. The van der Waals surface area contributed by atoms with Crippen LogP contribution in [0.2, 0.25) is 0 Å². The molecule has 1 fully saturated rings. The van der Waals surface area contributed by atoms with Crippen molar-refractivity contribution in [1.82, 2.24) is 10.4 Å². The molecule has 0 bridgehead atoms. The van der Waals surface area contributed by atoms with Crippen LogP contribution < -0.4 is 10.2 Å². The van der Waals surface area contributed by atoms with Gasteiger partial charge >= 0.3 is 6.09 Å². The minimum atomic E-state index is -0.463. The van der Waals surface area contributed by atoms with Crippen LogP contribution >= 0.6 is 0 Å². The number of aryl methyl sites for hydroxylation is 1. The number of nitrogens with one attached hydrogen (secondary N) is 1. The molecule has 1 aromatic carbocycles. The number of carbonyl (C=O) groups excluding carboxylic acids is 1. The molecule has 110 valence electrons. The molecule has 0 aliphatic carbocycles. The molecular weight excluding hydrogens is 260 g/mol. The molecule has 2 rings (SSSR count). The molecule has 1 aromatic rings. The van der Waals surface area contributed by atoms with Gasteiger partial charge in [-0.05, 0) is 12.5 Å². The van der Waals surface area contributed by atoms with Crippen LogP contribution in [0.4, 0.5) is 4.79 Å². The number of carbonyl (C=O) groups is 1. The average molecular weight is 280 g/mol. The lowest BCUT2D eigenvalue weighted by Gasteiger charge is -2.26. The Hall–Kier alpha value is -1.79. The van der Waals surface area contributed by atoms with E-state index in [0.717, 1.165) is 16.9 Å². The van der Waals surface area contributed by atoms with Crippen LogP contribution in [0, 0.1) is 6.92 Å². The lowest BCUT2D eigenvalue weighted by molar-refractivity contribution is 0.00907. The number of hydrogen-bond donors (Lipinski definition) is 1.